The molecule has 1 aromatic heterocycles. The van der Waals surface area contributed by atoms with Gasteiger partial charge in [0.25, 0.3) is 0 Å². The molecule has 4 heteroatoms. The summed E-state index contributed by atoms with van der Waals surface area (Å²) < 4.78 is 9.83. The molecular formula is C10H15NO3. The zero-order valence-corrected chi connectivity index (χ0v) is 8.74. The second kappa shape index (κ2) is 4.79. The molecule has 78 valence electrons. The third-order valence-electron chi connectivity index (χ3n) is 2.11. The molecule has 0 fully saturated rings. The molecular weight excluding hydrogens is 182 g/mol. The third-order valence-corrected chi connectivity index (χ3v) is 2.11. The van der Waals surface area contributed by atoms with E-state index in [-0.39, 0.29) is 11.6 Å². The molecule has 0 saturated carbocycles. The smallest absolute Gasteiger partial charge is 0.360 e. The molecule has 0 N–H and O–H groups in total. The molecule has 1 atom stereocenters. The molecule has 1 unspecified atom stereocenters. The van der Waals surface area contributed by atoms with Crippen LogP contribution in [0.3, 0.4) is 0 Å². The van der Waals surface area contributed by atoms with Gasteiger partial charge in [0.15, 0.2) is 5.69 Å². The summed E-state index contributed by atoms with van der Waals surface area (Å²) >= 11 is 0. The Hall–Kier alpha value is -1.32. The number of nitrogens with zero attached hydrogens (tertiary/aromatic N) is 1. The summed E-state index contributed by atoms with van der Waals surface area (Å²) in [4.78, 5) is 11.2. The van der Waals surface area contributed by atoms with E-state index in [1.165, 1.54) is 0 Å². The molecule has 1 rings (SSSR count). The maximum absolute atomic E-state index is 11.2. The number of carbonyl (C=O) groups is 1. The van der Waals surface area contributed by atoms with Crippen LogP contribution in [0, 0.1) is 0 Å². The van der Waals surface area contributed by atoms with Gasteiger partial charge < -0.3 is 9.26 Å². The number of aromatic nitrogens is 1. The summed E-state index contributed by atoms with van der Waals surface area (Å²) in [6, 6.07) is 1.64. The highest BCUT2D eigenvalue weighted by Gasteiger charge is 2.16. The van der Waals surface area contributed by atoms with Crippen molar-refractivity contribution in [3.05, 3.63) is 17.5 Å². The molecule has 0 bridgehead atoms. The lowest BCUT2D eigenvalue weighted by molar-refractivity contribution is 0.0514. The van der Waals surface area contributed by atoms with Gasteiger partial charge in [-0.05, 0) is 13.3 Å². The molecule has 14 heavy (non-hydrogen) atoms. The minimum atomic E-state index is -0.425. The van der Waals surface area contributed by atoms with Gasteiger partial charge in [-0.3, -0.25) is 0 Å². The highest BCUT2D eigenvalue weighted by atomic mass is 16.5. The van der Waals surface area contributed by atoms with Crippen LogP contribution in [0.1, 0.15) is 49.4 Å². The zero-order valence-electron chi connectivity index (χ0n) is 8.74. The quantitative estimate of drug-likeness (QED) is 0.695. The molecule has 0 saturated heterocycles. The zero-order chi connectivity index (χ0) is 10.6. The Balaban J connectivity index is 2.72. The van der Waals surface area contributed by atoms with Gasteiger partial charge in [0.2, 0.25) is 0 Å². The van der Waals surface area contributed by atoms with E-state index in [0.29, 0.717) is 6.61 Å². The lowest BCUT2D eigenvalue weighted by atomic mass is 10.1. The largest absolute Gasteiger partial charge is 0.461 e. The van der Waals surface area contributed by atoms with Gasteiger partial charge in [0.05, 0.1) is 6.61 Å². The first kappa shape index (κ1) is 10.8. The molecule has 1 heterocycles. The minimum Gasteiger partial charge on any atom is -0.461 e. The Labute approximate surface area is 83.2 Å². The molecule has 1 aromatic rings. The van der Waals surface area contributed by atoms with Gasteiger partial charge in [-0.15, -0.1) is 0 Å². The van der Waals surface area contributed by atoms with Crippen molar-refractivity contribution in [2.24, 2.45) is 0 Å². The third kappa shape index (κ3) is 2.34. The van der Waals surface area contributed by atoms with Crippen LogP contribution in [0.15, 0.2) is 10.6 Å². The average molecular weight is 197 g/mol. The van der Waals surface area contributed by atoms with E-state index < -0.39 is 5.97 Å². The number of hydrogen-bond acceptors (Lipinski definition) is 4. The Morgan fingerprint density at radius 2 is 2.36 bits per heavy atom. The van der Waals surface area contributed by atoms with Crippen molar-refractivity contribution >= 4 is 5.97 Å². The second-order valence-electron chi connectivity index (χ2n) is 3.14. The fourth-order valence-corrected chi connectivity index (χ4v) is 1.02. The van der Waals surface area contributed by atoms with Crippen LogP contribution in [-0.4, -0.2) is 17.7 Å². The average Bonchev–Trinajstić information content (AvgIpc) is 2.66. The molecule has 0 aliphatic rings. The van der Waals surface area contributed by atoms with Gasteiger partial charge >= 0.3 is 5.97 Å². The first-order chi connectivity index (χ1) is 6.69. The van der Waals surface area contributed by atoms with E-state index in [1.807, 2.05) is 6.92 Å². The van der Waals surface area contributed by atoms with E-state index in [0.717, 1.165) is 12.2 Å². The number of esters is 1. The first-order valence-corrected chi connectivity index (χ1v) is 4.82. The lowest BCUT2D eigenvalue weighted by Gasteiger charge is -1.99. The summed E-state index contributed by atoms with van der Waals surface area (Å²) in [5.74, 6) is 0.590. The summed E-state index contributed by atoms with van der Waals surface area (Å²) in [5.41, 5.74) is 0.252. The molecule has 0 radical (unpaired) electrons. The van der Waals surface area contributed by atoms with Crippen LogP contribution in [-0.2, 0) is 4.74 Å². The van der Waals surface area contributed by atoms with Crippen molar-refractivity contribution in [1.82, 2.24) is 5.16 Å². The maximum Gasteiger partial charge on any atom is 0.360 e. The molecule has 4 nitrogen and oxygen atoms in total. The Morgan fingerprint density at radius 1 is 1.64 bits per heavy atom. The highest BCUT2D eigenvalue weighted by Crippen LogP contribution is 2.19. The van der Waals surface area contributed by atoms with Crippen LogP contribution in [0.2, 0.25) is 0 Å². The van der Waals surface area contributed by atoms with Gasteiger partial charge in [0.1, 0.15) is 5.76 Å². The fourth-order valence-electron chi connectivity index (χ4n) is 1.02. The first-order valence-electron chi connectivity index (χ1n) is 4.82. The Kier molecular flexibility index (Phi) is 3.68. The molecule has 0 spiro atoms. The van der Waals surface area contributed by atoms with Crippen molar-refractivity contribution in [2.45, 2.75) is 33.1 Å². The van der Waals surface area contributed by atoms with E-state index in [9.17, 15) is 4.79 Å². The number of carbonyl (C=O) groups excluding carboxylic acids is 1. The molecule has 0 aliphatic carbocycles. The summed E-state index contributed by atoms with van der Waals surface area (Å²) in [6.45, 7) is 6.19. The number of rotatable bonds is 4. The summed E-state index contributed by atoms with van der Waals surface area (Å²) in [6.07, 6.45) is 0.956. The normalized spacial score (nSPS) is 12.5. The van der Waals surface area contributed by atoms with Crippen molar-refractivity contribution in [3.8, 4) is 0 Å². The van der Waals surface area contributed by atoms with E-state index >= 15 is 0 Å². The Morgan fingerprint density at radius 3 is 2.93 bits per heavy atom. The number of hydrogen-bond donors (Lipinski definition) is 0. The van der Waals surface area contributed by atoms with Gasteiger partial charge in [-0.2, -0.15) is 0 Å². The van der Waals surface area contributed by atoms with E-state index in [4.69, 9.17) is 9.26 Å². The van der Waals surface area contributed by atoms with Crippen molar-refractivity contribution < 1.29 is 14.1 Å². The minimum absolute atomic E-state index is 0.252. The summed E-state index contributed by atoms with van der Waals surface area (Å²) in [7, 11) is 0. The maximum atomic E-state index is 11.2. The molecule has 0 aliphatic heterocycles. The van der Waals surface area contributed by atoms with Crippen LogP contribution in [0.25, 0.3) is 0 Å². The predicted molar refractivity (Wildman–Crippen MR) is 51.2 cm³/mol. The standard InChI is InChI=1S/C10H15NO3/c1-4-7(3)9-6-8(11-14-9)10(12)13-5-2/h6-7H,4-5H2,1-3H3. The van der Waals surface area contributed by atoms with Crippen molar-refractivity contribution in [3.63, 3.8) is 0 Å². The lowest BCUT2D eigenvalue weighted by Crippen LogP contribution is -2.04. The highest BCUT2D eigenvalue weighted by molar-refractivity contribution is 5.87. The fraction of sp³-hybridized carbons (Fsp3) is 0.600. The Bertz CT molecular complexity index is 306. The van der Waals surface area contributed by atoms with Crippen molar-refractivity contribution in [2.75, 3.05) is 6.61 Å². The predicted octanol–water partition coefficient (Wildman–Crippen LogP) is 2.36. The second-order valence-corrected chi connectivity index (χ2v) is 3.14. The number of ether oxygens (including phenoxy) is 1. The monoisotopic (exact) mass is 197 g/mol. The summed E-state index contributed by atoms with van der Waals surface area (Å²) in [5, 5.41) is 3.65. The van der Waals surface area contributed by atoms with Crippen molar-refractivity contribution in [1.29, 1.82) is 0 Å². The molecule has 0 amide bonds. The van der Waals surface area contributed by atoms with Crippen LogP contribution in [0.4, 0.5) is 0 Å². The van der Waals surface area contributed by atoms with Crippen LogP contribution < -0.4 is 0 Å². The molecule has 0 aromatic carbocycles. The van der Waals surface area contributed by atoms with Crippen LogP contribution >= 0.6 is 0 Å². The van der Waals surface area contributed by atoms with Gasteiger partial charge in [-0.25, -0.2) is 4.79 Å². The topological polar surface area (TPSA) is 52.3 Å². The van der Waals surface area contributed by atoms with E-state index in [1.54, 1.807) is 13.0 Å². The van der Waals surface area contributed by atoms with Gasteiger partial charge in [0, 0.05) is 12.0 Å². The SMILES string of the molecule is CCOC(=O)c1cc(C(C)CC)on1. The van der Waals surface area contributed by atoms with E-state index in [2.05, 4.69) is 12.1 Å². The van der Waals surface area contributed by atoms with Gasteiger partial charge in [-0.1, -0.05) is 19.0 Å². The van der Waals surface area contributed by atoms with Crippen LogP contribution in [0.5, 0.6) is 0 Å².